The number of nitrogens with zero attached hydrogens (tertiary/aromatic N) is 1. The number of amides is 1. The third-order valence-electron chi connectivity index (χ3n) is 5.18. The molecule has 0 atom stereocenters. The molecule has 0 saturated carbocycles. The Labute approximate surface area is 174 Å². The van der Waals surface area contributed by atoms with E-state index in [0.717, 1.165) is 38.4 Å². The van der Waals surface area contributed by atoms with Crippen LogP contribution in [-0.4, -0.2) is 43.7 Å². The Morgan fingerprint density at radius 3 is 2.34 bits per heavy atom. The number of carbonyl (C=O) groups is 1. The molecule has 2 aromatic carbocycles. The van der Waals surface area contributed by atoms with Crippen molar-refractivity contribution in [3.63, 3.8) is 0 Å². The fraction of sp³-hybridized carbons (Fsp3) is 0.458. The highest BCUT2D eigenvalue weighted by Crippen LogP contribution is 2.24. The third-order valence-corrected chi connectivity index (χ3v) is 5.18. The Kier molecular flexibility index (Phi) is 7.29. The van der Waals surface area contributed by atoms with Gasteiger partial charge in [0.05, 0.1) is 13.2 Å². The minimum Gasteiger partial charge on any atom is -0.484 e. The number of rotatable bonds is 7. The lowest BCUT2D eigenvalue weighted by Gasteiger charge is -2.27. The van der Waals surface area contributed by atoms with Gasteiger partial charge in [0.1, 0.15) is 5.75 Å². The molecule has 5 heteroatoms. The number of morpholine rings is 1. The number of carbonyl (C=O) groups excluding carboxylic acids is 1. The summed E-state index contributed by atoms with van der Waals surface area (Å²) in [5, 5.41) is 2.98. The molecule has 29 heavy (non-hydrogen) atoms. The number of ether oxygens (including phenoxy) is 2. The van der Waals surface area contributed by atoms with Crippen molar-refractivity contribution < 1.29 is 14.3 Å². The lowest BCUT2D eigenvalue weighted by Crippen LogP contribution is -2.36. The third kappa shape index (κ3) is 6.58. The predicted octanol–water partition coefficient (Wildman–Crippen LogP) is 3.51. The van der Waals surface area contributed by atoms with E-state index in [4.69, 9.17) is 9.47 Å². The van der Waals surface area contributed by atoms with Gasteiger partial charge in [0.2, 0.25) is 0 Å². The largest absolute Gasteiger partial charge is 0.484 e. The summed E-state index contributed by atoms with van der Waals surface area (Å²) in [5.41, 5.74) is 3.73. The summed E-state index contributed by atoms with van der Waals surface area (Å²) in [4.78, 5) is 14.6. The quantitative estimate of drug-likeness (QED) is 0.778. The van der Waals surface area contributed by atoms with Gasteiger partial charge in [0.25, 0.3) is 5.91 Å². The van der Waals surface area contributed by atoms with E-state index in [1.54, 1.807) is 0 Å². The summed E-state index contributed by atoms with van der Waals surface area (Å²) >= 11 is 0. The van der Waals surface area contributed by atoms with Crippen molar-refractivity contribution in [3.05, 3.63) is 65.2 Å². The highest BCUT2D eigenvalue weighted by molar-refractivity contribution is 5.77. The number of hydrogen-bond donors (Lipinski definition) is 1. The lowest BCUT2D eigenvalue weighted by atomic mass is 9.87. The van der Waals surface area contributed by atoms with Crippen molar-refractivity contribution in [2.45, 2.75) is 39.3 Å². The maximum absolute atomic E-state index is 12.3. The van der Waals surface area contributed by atoms with Gasteiger partial charge >= 0.3 is 0 Å². The van der Waals surface area contributed by atoms with Gasteiger partial charge in [-0.25, -0.2) is 0 Å². The second kappa shape index (κ2) is 9.90. The molecule has 5 nitrogen and oxygen atoms in total. The van der Waals surface area contributed by atoms with Crippen molar-refractivity contribution in [2.75, 3.05) is 32.9 Å². The van der Waals surface area contributed by atoms with E-state index < -0.39 is 0 Å². The highest BCUT2D eigenvalue weighted by Gasteiger charge is 2.14. The molecule has 0 unspecified atom stereocenters. The van der Waals surface area contributed by atoms with Gasteiger partial charge in [-0.2, -0.15) is 0 Å². The maximum Gasteiger partial charge on any atom is 0.258 e. The Bertz CT molecular complexity index is 791. The monoisotopic (exact) mass is 396 g/mol. The maximum atomic E-state index is 12.3. The molecule has 0 bridgehead atoms. The van der Waals surface area contributed by atoms with Gasteiger partial charge in [0.15, 0.2) is 6.61 Å². The Balaban J connectivity index is 1.48. The van der Waals surface area contributed by atoms with Crippen LogP contribution in [0.4, 0.5) is 0 Å². The average Bonchev–Trinajstić information content (AvgIpc) is 2.72. The van der Waals surface area contributed by atoms with Crippen molar-refractivity contribution in [2.24, 2.45) is 0 Å². The van der Waals surface area contributed by atoms with E-state index in [1.807, 2.05) is 24.3 Å². The molecule has 3 rings (SSSR count). The van der Waals surface area contributed by atoms with E-state index in [1.165, 1.54) is 11.1 Å². The Hall–Kier alpha value is -2.37. The van der Waals surface area contributed by atoms with Crippen LogP contribution >= 0.6 is 0 Å². The van der Waals surface area contributed by atoms with Crippen molar-refractivity contribution >= 4 is 5.91 Å². The minimum atomic E-state index is -0.119. The highest BCUT2D eigenvalue weighted by atomic mass is 16.5. The van der Waals surface area contributed by atoms with Crippen molar-refractivity contribution in [3.8, 4) is 5.75 Å². The number of hydrogen-bond acceptors (Lipinski definition) is 4. The Morgan fingerprint density at radius 1 is 1.03 bits per heavy atom. The number of nitrogens with one attached hydrogen (secondary N) is 1. The molecular weight excluding hydrogens is 364 g/mol. The predicted molar refractivity (Wildman–Crippen MR) is 115 cm³/mol. The van der Waals surface area contributed by atoms with Crippen LogP contribution in [-0.2, 0) is 28.0 Å². The zero-order valence-electron chi connectivity index (χ0n) is 17.7. The van der Waals surface area contributed by atoms with Crippen LogP contribution in [0.3, 0.4) is 0 Å². The summed E-state index contributed by atoms with van der Waals surface area (Å²) in [6, 6.07) is 16.2. The molecular formula is C24H32N2O3. The SMILES string of the molecule is CC(C)(C)c1ccc(OCC(=O)NCc2ccccc2CN2CCOCC2)cc1. The molecule has 1 saturated heterocycles. The van der Waals surface area contributed by atoms with Crippen LogP contribution in [0, 0.1) is 0 Å². The van der Waals surface area contributed by atoms with E-state index >= 15 is 0 Å². The standard InChI is InChI=1S/C24H32N2O3/c1-24(2,3)21-8-10-22(11-9-21)29-18-23(27)25-16-19-6-4-5-7-20(19)17-26-12-14-28-15-13-26/h4-11H,12-18H2,1-3H3,(H,25,27). The van der Waals surface area contributed by atoms with E-state index in [-0.39, 0.29) is 17.9 Å². The molecule has 1 N–H and O–H groups in total. The van der Waals surface area contributed by atoms with Crippen LogP contribution in [0.1, 0.15) is 37.5 Å². The normalized spacial score (nSPS) is 15.1. The molecule has 2 aromatic rings. The van der Waals surface area contributed by atoms with Gasteiger partial charge in [-0.3, -0.25) is 9.69 Å². The van der Waals surface area contributed by atoms with Crippen molar-refractivity contribution in [1.82, 2.24) is 10.2 Å². The summed E-state index contributed by atoms with van der Waals surface area (Å²) in [6.07, 6.45) is 0. The molecule has 0 spiro atoms. The lowest BCUT2D eigenvalue weighted by molar-refractivity contribution is -0.123. The molecule has 0 radical (unpaired) electrons. The first-order valence-corrected chi connectivity index (χ1v) is 10.3. The van der Waals surface area contributed by atoms with Gasteiger partial charge < -0.3 is 14.8 Å². The van der Waals surface area contributed by atoms with Crippen LogP contribution in [0.2, 0.25) is 0 Å². The fourth-order valence-electron chi connectivity index (χ4n) is 3.33. The van der Waals surface area contributed by atoms with Crippen molar-refractivity contribution in [1.29, 1.82) is 0 Å². The average molecular weight is 397 g/mol. The van der Waals surface area contributed by atoms with Gasteiger partial charge in [0, 0.05) is 26.2 Å². The summed E-state index contributed by atoms with van der Waals surface area (Å²) < 4.78 is 11.1. The summed E-state index contributed by atoms with van der Waals surface area (Å²) in [6.45, 7) is 11.4. The molecule has 0 aliphatic carbocycles. The first-order chi connectivity index (χ1) is 13.9. The molecule has 1 amide bonds. The van der Waals surface area contributed by atoms with Gasteiger partial charge in [-0.15, -0.1) is 0 Å². The molecule has 1 aliphatic heterocycles. The minimum absolute atomic E-state index is 0.0144. The smallest absolute Gasteiger partial charge is 0.258 e. The second-order valence-electron chi connectivity index (χ2n) is 8.50. The molecule has 1 fully saturated rings. The van der Waals surface area contributed by atoms with Gasteiger partial charge in [-0.1, -0.05) is 57.2 Å². The molecule has 156 valence electrons. The number of benzene rings is 2. The molecule has 1 heterocycles. The fourth-order valence-corrected chi connectivity index (χ4v) is 3.33. The molecule has 1 aliphatic rings. The first kappa shape index (κ1) is 21.3. The van der Waals surface area contributed by atoms with E-state index in [9.17, 15) is 4.79 Å². The topological polar surface area (TPSA) is 50.8 Å². The summed E-state index contributed by atoms with van der Waals surface area (Å²) in [5.74, 6) is 0.590. The van der Waals surface area contributed by atoms with E-state index in [2.05, 4.69) is 55.3 Å². The summed E-state index contributed by atoms with van der Waals surface area (Å²) in [7, 11) is 0. The second-order valence-corrected chi connectivity index (χ2v) is 8.50. The first-order valence-electron chi connectivity index (χ1n) is 10.3. The zero-order chi connectivity index (χ0) is 20.7. The van der Waals surface area contributed by atoms with Crippen LogP contribution in [0.25, 0.3) is 0 Å². The van der Waals surface area contributed by atoms with E-state index in [0.29, 0.717) is 12.3 Å². The van der Waals surface area contributed by atoms with Crippen LogP contribution < -0.4 is 10.1 Å². The van der Waals surface area contributed by atoms with Crippen LogP contribution in [0.15, 0.2) is 48.5 Å². The Morgan fingerprint density at radius 2 is 1.69 bits per heavy atom. The molecule has 0 aromatic heterocycles. The zero-order valence-corrected chi connectivity index (χ0v) is 17.7. The van der Waals surface area contributed by atoms with Crippen LogP contribution in [0.5, 0.6) is 5.75 Å². The van der Waals surface area contributed by atoms with Gasteiger partial charge in [-0.05, 0) is 34.2 Å².